The topological polar surface area (TPSA) is 65.9 Å². The van der Waals surface area contributed by atoms with E-state index in [1.807, 2.05) is 12.1 Å². The van der Waals surface area contributed by atoms with E-state index in [-0.39, 0.29) is 12.2 Å². The van der Waals surface area contributed by atoms with Gasteiger partial charge in [-0.25, -0.2) is 0 Å². The zero-order valence-electron chi connectivity index (χ0n) is 10.2. The number of halogens is 1. The van der Waals surface area contributed by atoms with Gasteiger partial charge in [-0.2, -0.15) is 5.26 Å². The highest BCUT2D eigenvalue weighted by Crippen LogP contribution is 2.22. The van der Waals surface area contributed by atoms with Crippen LogP contribution >= 0.6 is 15.9 Å². The van der Waals surface area contributed by atoms with Crippen LogP contribution in [0.3, 0.4) is 0 Å². The maximum atomic E-state index is 11.6. The lowest BCUT2D eigenvalue weighted by Crippen LogP contribution is -2.10. The van der Waals surface area contributed by atoms with Crippen molar-refractivity contribution in [2.24, 2.45) is 0 Å². The van der Waals surface area contributed by atoms with Crippen molar-refractivity contribution in [2.45, 2.75) is 13.5 Å². The Morgan fingerprint density at radius 3 is 2.89 bits per heavy atom. The van der Waals surface area contributed by atoms with Crippen LogP contribution in [0, 0.1) is 18.3 Å². The number of ether oxygens (including phenoxy) is 1. The van der Waals surface area contributed by atoms with Crippen LogP contribution in [0.15, 0.2) is 39.6 Å². The second-order valence-corrected chi connectivity index (χ2v) is 4.81. The van der Waals surface area contributed by atoms with Crippen molar-refractivity contribution in [1.29, 1.82) is 5.26 Å². The van der Waals surface area contributed by atoms with Gasteiger partial charge in [-0.05, 0) is 28.9 Å². The van der Waals surface area contributed by atoms with Crippen LogP contribution < -0.4 is 10.3 Å². The molecule has 1 aromatic carbocycles. The number of hydrogen-bond donors (Lipinski definition) is 1. The van der Waals surface area contributed by atoms with E-state index in [1.165, 1.54) is 0 Å². The number of benzene rings is 1. The average Bonchev–Trinajstić information content (AvgIpc) is 2.41. The SMILES string of the molecule is Cc1cc(OCc2ccccc2C#N)c(Br)c(=O)[nH]1. The molecule has 4 nitrogen and oxygen atoms in total. The molecule has 0 saturated heterocycles. The lowest BCUT2D eigenvalue weighted by atomic mass is 10.1. The van der Waals surface area contributed by atoms with Crippen LogP contribution in [0.2, 0.25) is 0 Å². The summed E-state index contributed by atoms with van der Waals surface area (Å²) in [5.41, 5.74) is 1.84. The Balaban J connectivity index is 2.24. The van der Waals surface area contributed by atoms with E-state index in [0.29, 0.717) is 15.8 Å². The molecule has 0 bridgehead atoms. The first-order valence-corrected chi connectivity index (χ1v) is 6.41. The molecular formula is C14H11BrN2O2. The molecule has 0 saturated carbocycles. The second kappa shape index (κ2) is 5.72. The molecule has 0 unspecified atom stereocenters. The summed E-state index contributed by atoms with van der Waals surface area (Å²) < 4.78 is 5.96. The molecular weight excluding hydrogens is 308 g/mol. The minimum atomic E-state index is -0.233. The summed E-state index contributed by atoms with van der Waals surface area (Å²) in [6.45, 7) is 2.02. The zero-order chi connectivity index (χ0) is 13.8. The number of hydrogen-bond acceptors (Lipinski definition) is 3. The number of nitrogens with one attached hydrogen (secondary N) is 1. The summed E-state index contributed by atoms with van der Waals surface area (Å²) in [4.78, 5) is 14.2. The van der Waals surface area contributed by atoms with Crippen LogP contribution in [0.4, 0.5) is 0 Å². The van der Waals surface area contributed by atoms with E-state index in [0.717, 1.165) is 11.3 Å². The number of aromatic nitrogens is 1. The zero-order valence-corrected chi connectivity index (χ0v) is 11.8. The first-order valence-electron chi connectivity index (χ1n) is 5.62. The summed E-state index contributed by atoms with van der Waals surface area (Å²) in [6, 6.07) is 11.1. The first kappa shape index (κ1) is 13.4. The van der Waals surface area contributed by atoms with Crippen molar-refractivity contribution in [3.63, 3.8) is 0 Å². The first-order chi connectivity index (χ1) is 9.11. The molecule has 0 atom stereocenters. The quantitative estimate of drug-likeness (QED) is 0.946. The fourth-order valence-electron chi connectivity index (χ4n) is 1.66. The lowest BCUT2D eigenvalue weighted by Gasteiger charge is -2.09. The van der Waals surface area contributed by atoms with E-state index in [4.69, 9.17) is 10.00 Å². The smallest absolute Gasteiger partial charge is 0.266 e. The molecule has 2 aromatic rings. The molecule has 5 heteroatoms. The van der Waals surface area contributed by atoms with Gasteiger partial charge in [0, 0.05) is 17.3 Å². The van der Waals surface area contributed by atoms with E-state index >= 15 is 0 Å². The van der Waals surface area contributed by atoms with E-state index < -0.39 is 0 Å². The third kappa shape index (κ3) is 3.04. The van der Waals surface area contributed by atoms with Gasteiger partial charge in [0.1, 0.15) is 16.8 Å². The van der Waals surface area contributed by atoms with Crippen molar-refractivity contribution < 1.29 is 4.74 Å². The predicted molar refractivity (Wildman–Crippen MR) is 75.0 cm³/mol. The van der Waals surface area contributed by atoms with Crippen LogP contribution in [-0.4, -0.2) is 4.98 Å². The van der Waals surface area contributed by atoms with Crippen LogP contribution in [0.25, 0.3) is 0 Å². The molecule has 2 rings (SSSR count). The fourth-order valence-corrected chi connectivity index (χ4v) is 1.99. The maximum Gasteiger partial charge on any atom is 0.266 e. The third-order valence-electron chi connectivity index (χ3n) is 2.59. The Morgan fingerprint density at radius 2 is 2.16 bits per heavy atom. The van der Waals surface area contributed by atoms with Gasteiger partial charge in [0.2, 0.25) is 0 Å². The Bertz CT molecular complexity index is 701. The van der Waals surface area contributed by atoms with Crippen molar-refractivity contribution >= 4 is 15.9 Å². The second-order valence-electron chi connectivity index (χ2n) is 4.02. The van der Waals surface area contributed by atoms with Gasteiger partial charge < -0.3 is 9.72 Å². The van der Waals surface area contributed by atoms with Gasteiger partial charge in [0.15, 0.2) is 0 Å². The summed E-state index contributed by atoms with van der Waals surface area (Å²) in [5.74, 6) is 0.467. The minimum Gasteiger partial charge on any atom is -0.487 e. The molecule has 0 aliphatic heterocycles. The summed E-state index contributed by atoms with van der Waals surface area (Å²) in [7, 11) is 0. The number of H-pyrrole nitrogens is 1. The van der Waals surface area contributed by atoms with E-state index in [1.54, 1.807) is 25.1 Å². The highest BCUT2D eigenvalue weighted by atomic mass is 79.9. The Morgan fingerprint density at radius 1 is 1.42 bits per heavy atom. The van der Waals surface area contributed by atoms with E-state index in [2.05, 4.69) is 27.0 Å². The Labute approximate surface area is 118 Å². The van der Waals surface area contributed by atoms with Gasteiger partial charge in [0.25, 0.3) is 5.56 Å². The normalized spacial score (nSPS) is 9.95. The lowest BCUT2D eigenvalue weighted by molar-refractivity contribution is 0.303. The number of nitrogens with zero attached hydrogens (tertiary/aromatic N) is 1. The van der Waals surface area contributed by atoms with Crippen LogP contribution in [0.1, 0.15) is 16.8 Å². The molecule has 0 fully saturated rings. The number of nitriles is 1. The van der Waals surface area contributed by atoms with E-state index in [9.17, 15) is 4.79 Å². The summed E-state index contributed by atoms with van der Waals surface area (Å²) in [5, 5.41) is 8.99. The highest BCUT2D eigenvalue weighted by molar-refractivity contribution is 9.10. The average molecular weight is 319 g/mol. The van der Waals surface area contributed by atoms with Gasteiger partial charge in [0.05, 0.1) is 11.6 Å². The third-order valence-corrected chi connectivity index (χ3v) is 3.35. The van der Waals surface area contributed by atoms with Crippen molar-refractivity contribution in [3.05, 3.63) is 62.0 Å². The fraction of sp³-hybridized carbons (Fsp3) is 0.143. The molecule has 1 aromatic heterocycles. The number of rotatable bonds is 3. The van der Waals surface area contributed by atoms with Crippen LogP contribution in [0.5, 0.6) is 5.75 Å². The van der Waals surface area contributed by atoms with Crippen molar-refractivity contribution in [1.82, 2.24) is 4.98 Å². The largest absolute Gasteiger partial charge is 0.487 e. The molecule has 0 spiro atoms. The molecule has 0 aliphatic rings. The molecule has 96 valence electrons. The molecule has 1 heterocycles. The Kier molecular flexibility index (Phi) is 4.03. The highest BCUT2D eigenvalue weighted by Gasteiger charge is 2.08. The summed E-state index contributed by atoms with van der Waals surface area (Å²) in [6.07, 6.45) is 0. The Hall–Kier alpha value is -2.06. The molecule has 0 aliphatic carbocycles. The van der Waals surface area contributed by atoms with Crippen LogP contribution in [-0.2, 0) is 6.61 Å². The minimum absolute atomic E-state index is 0.233. The molecule has 0 radical (unpaired) electrons. The number of aromatic amines is 1. The van der Waals surface area contributed by atoms with Gasteiger partial charge in [-0.15, -0.1) is 0 Å². The van der Waals surface area contributed by atoms with Crippen molar-refractivity contribution in [3.8, 4) is 11.8 Å². The standard InChI is InChI=1S/C14H11BrN2O2/c1-9-6-12(13(15)14(18)17-9)19-8-11-5-3-2-4-10(11)7-16/h2-6H,8H2,1H3,(H,17,18). The monoisotopic (exact) mass is 318 g/mol. The number of pyridine rings is 1. The molecule has 19 heavy (non-hydrogen) atoms. The maximum absolute atomic E-state index is 11.6. The molecule has 1 N–H and O–H groups in total. The summed E-state index contributed by atoms with van der Waals surface area (Å²) >= 11 is 3.19. The van der Waals surface area contributed by atoms with Gasteiger partial charge in [-0.3, -0.25) is 4.79 Å². The molecule has 0 amide bonds. The van der Waals surface area contributed by atoms with Gasteiger partial charge >= 0.3 is 0 Å². The predicted octanol–water partition coefficient (Wildman–Crippen LogP) is 2.90. The van der Waals surface area contributed by atoms with Gasteiger partial charge in [-0.1, -0.05) is 18.2 Å². The number of aryl methyl sites for hydroxylation is 1. The van der Waals surface area contributed by atoms with Crippen molar-refractivity contribution in [2.75, 3.05) is 0 Å².